The summed E-state index contributed by atoms with van der Waals surface area (Å²) in [4.78, 5) is 11.8. The minimum atomic E-state index is -0.770. The van der Waals surface area contributed by atoms with E-state index in [-0.39, 0.29) is 29.0 Å². The number of aliphatic hydroxyl groups is 2. The summed E-state index contributed by atoms with van der Waals surface area (Å²) in [5.74, 6) is -0.656. The number of hydrogen-bond donors (Lipinski definition) is 3. The summed E-state index contributed by atoms with van der Waals surface area (Å²) < 4.78 is 0.789. The maximum absolute atomic E-state index is 11.0. The number of carboxylic acids is 1. The number of rotatable bonds is 12. The van der Waals surface area contributed by atoms with E-state index in [1.165, 1.54) is 4.88 Å². The van der Waals surface area contributed by atoms with Crippen molar-refractivity contribution >= 4 is 40.5 Å². The lowest BCUT2D eigenvalue weighted by atomic mass is 9.62. The van der Waals surface area contributed by atoms with Crippen molar-refractivity contribution < 1.29 is 20.1 Å². The standard InChI is InChI=1S/C25H34Cl2O4S/c26-20-15-21(28)19(18(20)7-3-1-2-4-10-24(30)31)8-5-9-22(29)25(13-6-14-25)16-17-11-12-23(27)32-17/h1,3,5,8,11-12,18-22,28-29H,2,4,6-7,9-10,13-16H2,(H,30,31)/t18-,19-,20?,21-,22?/m1/s1. The molecule has 7 heteroatoms. The van der Waals surface area contributed by atoms with E-state index in [1.54, 1.807) is 11.3 Å². The number of halogens is 2. The van der Waals surface area contributed by atoms with Gasteiger partial charge in [-0.25, -0.2) is 0 Å². The van der Waals surface area contributed by atoms with Crippen molar-refractivity contribution in [1.29, 1.82) is 0 Å². The van der Waals surface area contributed by atoms with Crippen molar-refractivity contribution in [2.75, 3.05) is 0 Å². The number of unbranched alkanes of at least 4 members (excludes halogenated alkanes) is 1. The molecule has 1 aromatic rings. The number of carboxylic acid groups (broad SMARTS) is 1. The number of aliphatic carboxylic acids is 1. The van der Waals surface area contributed by atoms with E-state index >= 15 is 0 Å². The molecule has 1 heterocycles. The Morgan fingerprint density at radius 2 is 2.06 bits per heavy atom. The molecule has 32 heavy (non-hydrogen) atoms. The first-order valence-electron chi connectivity index (χ1n) is 11.6. The predicted octanol–water partition coefficient (Wildman–Crippen LogP) is 6.23. The van der Waals surface area contributed by atoms with Crippen molar-refractivity contribution in [2.24, 2.45) is 17.3 Å². The number of aliphatic hydroxyl groups excluding tert-OH is 2. The average molecular weight is 502 g/mol. The third-order valence-electron chi connectivity index (χ3n) is 7.14. The van der Waals surface area contributed by atoms with E-state index in [4.69, 9.17) is 28.3 Å². The first kappa shape index (κ1) is 25.8. The maximum atomic E-state index is 11.0. The van der Waals surface area contributed by atoms with Gasteiger partial charge in [0, 0.05) is 28.0 Å². The zero-order valence-corrected chi connectivity index (χ0v) is 20.7. The summed E-state index contributed by atoms with van der Waals surface area (Å²) in [6.07, 6.45) is 14.8. The van der Waals surface area contributed by atoms with E-state index < -0.39 is 18.2 Å². The smallest absolute Gasteiger partial charge is 0.303 e. The molecule has 0 bridgehead atoms. The molecule has 178 valence electrons. The zero-order valence-electron chi connectivity index (χ0n) is 18.3. The van der Waals surface area contributed by atoms with Crippen molar-refractivity contribution in [3.8, 4) is 0 Å². The van der Waals surface area contributed by atoms with Crippen LogP contribution in [0.4, 0.5) is 0 Å². The molecule has 0 amide bonds. The minimum Gasteiger partial charge on any atom is -0.481 e. The Morgan fingerprint density at radius 1 is 1.28 bits per heavy atom. The highest BCUT2D eigenvalue weighted by Crippen LogP contribution is 2.49. The van der Waals surface area contributed by atoms with Gasteiger partial charge in [-0.2, -0.15) is 0 Å². The van der Waals surface area contributed by atoms with Crippen LogP contribution < -0.4 is 0 Å². The Labute approximate surface area is 204 Å². The second-order valence-electron chi connectivity index (χ2n) is 9.33. The third kappa shape index (κ3) is 6.83. The van der Waals surface area contributed by atoms with Crippen molar-refractivity contribution in [3.05, 3.63) is 45.7 Å². The lowest BCUT2D eigenvalue weighted by Gasteiger charge is -2.45. The van der Waals surface area contributed by atoms with E-state index in [1.807, 2.05) is 24.3 Å². The van der Waals surface area contributed by atoms with Crippen LogP contribution in [0.25, 0.3) is 0 Å². The quantitative estimate of drug-likeness (QED) is 0.180. The molecule has 2 unspecified atom stereocenters. The highest BCUT2D eigenvalue weighted by atomic mass is 35.5. The van der Waals surface area contributed by atoms with Gasteiger partial charge in [-0.1, -0.05) is 42.3 Å². The van der Waals surface area contributed by atoms with Crippen LogP contribution >= 0.6 is 34.5 Å². The van der Waals surface area contributed by atoms with Crippen LogP contribution in [0.5, 0.6) is 0 Å². The fourth-order valence-electron chi connectivity index (χ4n) is 5.07. The summed E-state index contributed by atoms with van der Waals surface area (Å²) in [6.45, 7) is 0. The summed E-state index contributed by atoms with van der Waals surface area (Å²) in [7, 11) is 0. The SMILES string of the molecule is O=C(O)CCCC=CC[C@H]1C(Cl)C[C@@H](O)[C@@H]1C=CCC(O)C1(Cc2ccc(Cl)s2)CCC1. The molecule has 0 spiro atoms. The Morgan fingerprint density at radius 3 is 2.69 bits per heavy atom. The molecule has 0 aliphatic heterocycles. The average Bonchev–Trinajstić information content (AvgIpc) is 3.23. The molecule has 1 aromatic heterocycles. The van der Waals surface area contributed by atoms with E-state index in [0.29, 0.717) is 19.3 Å². The zero-order chi connectivity index (χ0) is 23.1. The van der Waals surface area contributed by atoms with Crippen LogP contribution in [0.15, 0.2) is 36.4 Å². The van der Waals surface area contributed by atoms with Crippen molar-refractivity contribution in [3.63, 3.8) is 0 Å². The van der Waals surface area contributed by atoms with Gasteiger partial charge in [-0.05, 0) is 69.4 Å². The molecule has 2 aliphatic carbocycles. The van der Waals surface area contributed by atoms with Crippen molar-refractivity contribution in [1.82, 2.24) is 0 Å². The molecule has 3 N–H and O–H groups in total. The Kier molecular flexibility index (Phi) is 9.69. The second kappa shape index (κ2) is 12.0. The van der Waals surface area contributed by atoms with E-state index in [2.05, 4.69) is 12.1 Å². The fourth-order valence-corrected chi connectivity index (χ4v) is 6.77. The molecule has 2 saturated carbocycles. The lowest BCUT2D eigenvalue weighted by molar-refractivity contribution is -0.137. The molecule has 2 aliphatic rings. The van der Waals surface area contributed by atoms with Crippen LogP contribution in [-0.2, 0) is 11.2 Å². The predicted molar refractivity (Wildman–Crippen MR) is 132 cm³/mol. The van der Waals surface area contributed by atoms with Crippen LogP contribution in [-0.4, -0.2) is 38.9 Å². The lowest BCUT2D eigenvalue weighted by Crippen LogP contribution is -2.42. The summed E-state index contributed by atoms with van der Waals surface area (Å²) in [5, 5.41) is 30.1. The van der Waals surface area contributed by atoms with Gasteiger partial charge in [-0.15, -0.1) is 22.9 Å². The van der Waals surface area contributed by atoms with Crippen LogP contribution in [0.1, 0.15) is 62.7 Å². The molecule has 3 rings (SSSR count). The van der Waals surface area contributed by atoms with Crippen molar-refractivity contribution in [2.45, 2.75) is 81.8 Å². The third-order valence-corrected chi connectivity index (χ3v) is 8.87. The second-order valence-corrected chi connectivity index (χ2v) is 11.7. The normalized spacial score (nSPS) is 28.4. The molecule has 4 nitrogen and oxygen atoms in total. The first-order chi connectivity index (χ1) is 15.3. The summed E-state index contributed by atoms with van der Waals surface area (Å²) >= 11 is 14.2. The summed E-state index contributed by atoms with van der Waals surface area (Å²) in [5.41, 5.74) is -0.0695. The Hall–Kier alpha value is -0.850. The molecular formula is C25H34Cl2O4S. The van der Waals surface area contributed by atoms with Gasteiger partial charge in [0.05, 0.1) is 16.5 Å². The number of hydrogen-bond acceptors (Lipinski definition) is 4. The van der Waals surface area contributed by atoms with Gasteiger partial charge >= 0.3 is 5.97 Å². The monoisotopic (exact) mass is 500 g/mol. The highest BCUT2D eigenvalue weighted by Gasteiger charge is 2.43. The topological polar surface area (TPSA) is 77.8 Å². The fraction of sp³-hybridized carbons (Fsp3) is 0.640. The van der Waals surface area contributed by atoms with Gasteiger partial charge < -0.3 is 15.3 Å². The number of thiophene rings is 1. The van der Waals surface area contributed by atoms with Gasteiger partial charge in [0.2, 0.25) is 0 Å². The van der Waals surface area contributed by atoms with Crippen LogP contribution in [0.3, 0.4) is 0 Å². The Bertz CT molecular complexity index is 802. The molecule has 0 radical (unpaired) electrons. The van der Waals surface area contributed by atoms with Crippen LogP contribution in [0.2, 0.25) is 4.34 Å². The van der Waals surface area contributed by atoms with Gasteiger partial charge in [0.25, 0.3) is 0 Å². The van der Waals surface area contributed by atoms with Crippen LogP contribution in [0, 0.1) is 17.3 Å². The van der Waals surface area contributed by atoms with Gasteiger partial charge in [-0.3, -0.25) is 4.79 Å². The molecule has 5 atom stereocenters. The molecule has 0 aromatic carbocycles. The molecule has 2 fully saturated rings. The van der Waals surface area contributed by atoms with Gasteiger partial charge in [0.15, 0.2) is 0 Å². The maximum Gasteiger partial charge on any atom is 0.303 e. The Balaban J connectivity index is 1.52. The van der Waals surface area contributed by atoms with Gasteiger partial charge in [0.1, 0.15) is 0 Å². The number of allylic oxidation sites excluding steroid dienone is 2. The molecule has 0 saturated heterocycles. The number of carbonyl (C=O) groups is 1. The van der Waals surface area contributed by atoms with E-state index in [9.17, 15) is 15.0 Å². The number of alkyl halides is 1. The minimum absolute atomic E-state index is 0.0261. The molecular weight excluding hydrogens is 467 g/mol. The highest BCUT2D eigenvalue weighted by molar-refractivity contribution is 7.16. The van der Waals surface area contributed by atoms with E-state index in [0.717, 1.165) is 42.9 Å². The largest absolute Gasteiger partial charge is 0.481 e. The first-order valence-corrected chi connectivity index (χ1v) is 13.2. The summed E-state index contributed by atoms with van der Waals surface area (Å²) in [6, 6.07) is 3.98.